The summed E-state index contributed by atoms with van der Waals surface area (Å²) in [4.78, 5) is 26.8. The van der Waals surface area contributed by atoms with Crippen molar-refractivity contribution in [3.05, 3.63) is 89.5 Å². The van der Waals surface area contributed by atoms with Gasteiger partial charge in [0.2, 0.25) is 0 Å². The van der Waals surface area contributed by atoms with Crippen LogP contribution in [0, 0.1) is 6.92 Å². The van der Waals surface area contributed by atoms with E-state index in [0.29, 0.717) is 5.56 Å². The lowest BCUT2D eigenvalue weighted by molar-refractivity contribution is -0.109. The lowest BCUT2D eigenvalue weighted by Gasteiger charge is -2.36. The molecule has 0 spiro atoms. The first kappa shape index (κ1) is 15.3. The molecule has 0 aliphatic carbocycles. The van der Waals surface area contributed by atoms with Gasteiger partial charge < -0.3 is 4.79 Å². The van der Waals surface area contributed by atoms with E-state index in [-0.39, 0.29) is 5.91 Å². The summed E-state index contributed by atoms with van der Waals surface area (Å²) in [6.07, 6.45) is 0.848. The largest absolute Gasteiger partial charge is 0.301 e. The minimum Gasteiger partial charge on any atom is -0.301 e. The summed E-state index contributed by atoms with van der Waals surface area (Å²) in [6, 6.07) is 22.3. The summed E-state index contributed by atoms with van der Waals surface area (Å²) in [6.45, 7) is 1.98. The molecule has 0 aromatic heterocycles. The van der Waals surface area contributed by atoms with Gasteiger partial charge in [-0.3, -0.25) is 9.69 Å². The Bertz CT molecular complexity index is 960. The number of aldehydes is 1. The van der Waals surface area contributed by atoms with Gasteiger partial charge in [0.15, 0.2) is 0 Å². The second-order valence-corrected chi connectivity index (χ2v) is 6.23. The van der Waals surface area contributed by atoms with Gasteiger partial charge in [0.05, 0.1) is 5.69 Å². The van der Waals surface area contributed by atoms with E-state index in [1.54, 1.807) is 4.90 Å². The van der Waals surface area contributed by atoms with E-state index in [4.69, 9.17) is 0 Å². The number of rotatable bonds is 2. The number of nitrogens with zero attached hydrogens (tertiary/aromatic N) is 1. The van der Waals surface area contributed by atoms with Gasteiger partial charge in [-0.15, -0.1) is 0 Å². The van der Waals surface area contributed by atoms with Crippen LogP contribution < -0.4 is 4.90 Å². The van der Waals surface area contributed by atoms with Gasteiger partial charge in [0, 0.05) is 11.1 Å². The van der Waals surface area contributed by atoms with E-state index in [9.17, 15) is 9.59 Å². The minimum atomic E-state index is -0.625. The molecule has 1 unspecified atom stereocenters. The van der Waals surface area contributed by atoms with Gasteiger partial charge in [-0.05, 0) is 36.2 Å². The molecule has 1 atom stereocenters. The molecular weight excluding hydrogens is 310 g/mol. The van der Waals surface area contributed by atoms with Crippen molar-refractivity contribution >= 4 is 17.9 Å². The van der Waals surface area contributed by atoms with Crippen LogP contribution in [0.4, 0.5) is 5.69 Å². The van der Waals surface area contributed by atoms with E-state index >= 15 is 0 Å². The molecule has 0 saturated carbocycles. The predicted octanol–water partition coefficient (Wildman–Crippen LogP) is 4.56. The Kier molecular flexibility index (Phi) is 3.69. The fraction of sp³-hybridized carbons (Fsp3) is 0.0909. The van der Waals surface area contributed by atoms with Gasteiger partial charge in [0.1, 0.15) is 12.3 Å². The number of hydrogen-bond acceptors (Lipinski definition) is 2. The zero-order chi connectivity index (χ0) is 17.4. The third-order valence-electron chi connectivity index (χ3n) is 4.66. The molecule has 1 amide bonds. The highest BCUT2D eigenvalue weighted by molar-refractivity contribution is 6.12. The summed E-state index contributed by atoms with van der Waals surface area (Å²) < 4.78 is 0. The van der Waals surface area contributed by atoms with Crippen molar-refractivity contribution in [3.63, 3.8) is 0 Å². The fourth-order valence-electron chi connectivity index (χ4n) is 3.41. The number of aryl methyl sites for hydroxylation is 1. The number of fused-ring (bicyclic) bond motifs is 3. The molecule has 3 aromatic carbocycles. The average molecular weight is 327 g/mol. The molecule has 3 aromatic rings. The predicted molar refractivity (Wildman–Crippen MR) is 98.7 cm³/mol. The zero-order valence-electron chi connectivity index (χ0n) is 13.8. The van der Waals surface area contributed by atoms with Crippen LogP contribution in [0.15, 0.2) is 72.8 Å². The van der Waals surface area contributed by atoms with Crippen LogP contribution in [0.2, 0.25) is 0 Å². The maximum absolute atomic E-state index is 13.2. The smallest absolute Gasteiger partial charge is 0.259 e. The second kappa shape index (κ2) is 6.02. The highest BCUT2D eigenvalue weighted by Gasteiger charge is 2.34. The molecule has 3 nitrogen and oxygen atoms in total. The summed E-state index contributed by atoms with van der Waals surface area (Å²) in [5.74, 6) is -0.168. The number of para-hydroxylation sites is 1. The number of carbonyl (C=O) groups excluding carboxylic acids is 2. The minimum absolute atomic E-state index is 0.168. The third kappa shape index (κ3) is 2.45. The van der Waals surface area contributed by atoms with E-state index in [1.807, 2.05) is 79.7 Å². The van der Waals surface area contributed by atoms with Gasteiger partial charge >= 0.3 is 0 Å². The molecule has 122 valence electrons. The van der Waals surface area contributed by atoms with Crippen LogP contribution in [0.5, 0.6) is 0 Å². The molecule has 3 heteroatoms. The highest BCUT2D eigenvalue weighted by Crippen LogP contribution is 2.44. The topological polar surface area (TPSA) is 37.4 Å². The molecule has 1 heterocycles. The van der Waals surface area contributed by atoms with Gasteiger partial charge in [-0.2, -0.15) is 0 Å². The maximum atomic E-state index is 13.2. The van der Waals surface area contributed by atoms with Gasteiger partial charge in [-0.25, -0.2) is 0 Å². The Hall–Kier alpha value is -3.20. The van der Waals surface area contributed by atoms with Gasteiger partial charge in [-0.1, -0.05) is 60.2 Å². The Labute approximate surface area is 146 Å². The van der Waals surface area contributed by atoms with E-state index in [0.717, 1.165) is 34.2 Å². The number of anilines is 1. The van der Waals surface area contributed by atoms with Crippen LogP contribution in [0.1, 0.15) is 27.5 Å². The molecule has 0 bridgehead atoms. The van der Waals surface area contributed by atoms with Crippen molar-refractivity contribution in [2.45, 2.75) is 13.0 Å². The van der Waals surface area contributed by atoms with Crippen molar-refractivity contribution in [2.75, 3.05) is 4.90 Å². The van der Waals surface area contributed by atoms with Crippen molar-refractivity contribution < 1.29 is 9.59 Å². The summed E-state index contributed by atoms with van der Waals surface area (Å²) in [5.41, 5.74) is 5.26. The number of hydrogen-bond donors (Lipinski definition) is 0. The van der Waals surface area contributed by atoms with Crippen LogP contribution in [0.25, 0.3) is 11.1 Å². The molecule has 4 rings (SSSR count). The van der Waals surface area contributed by atoms with Crippen LogP contribution >= 0.6 is 0 Å². The van der Waals surface area contributed by atoms with Crippen LogP contribution in [-0.2, 0) is 4.79 Å². The van der Waals surface area contributed by atoms with Crippen LogP contribution in [-0.4, -0.2) is 12.2 Å². The standard InChI is InChI=1S/C22H17NO2/c1-15-10-12-16(13-11-15)22(25)23-20-9-5-4-7-18(20)17-6-2-3-8-19(17)21(23)14-24/h2-14,21H,1H3. The second-order valence-electron chi connectivity index (χ2n) is 6.23. The molecular formula is C22H17NO2. The number of benzene rings is 3. The molecule has 1 aliphatic rings. The number of carbonyl (C=O) groups is 2. The Morgan fingerprint density at radius 1 is 0.880 bits per heavy atom. The van der Waals surface area contributed by atoms with E-state index < -0.39 is 6.04 Å². The first-order chi connectivity index (χ1) is 12.2. The van der Waals surface area contributed by atoms with Crippen molar-refractivity contribution in [2.24, 2.45) is 0 Å². The first-order valence-corrected chi connectivity index (χ1v) is 8.24. The monoisotopic (exact) mass is 327 g/mol. The van der Waals surface area contributed by atoms with E-state index in [1.165, 1.54) is 0 Å². The molecule has 0 N–H and O–H groups in total. The van der Waals surface area contributed by atoms with Crippen molar-refractivity contribution in [3.8, 4) is 11.1 Å². The average Bonchev–Trinajstić information content (AvgIpc) is 2.67. The fourth-order valence-corrected chi connectivity index (χ4v) is 3.41. The lowest BCUT2D eigenvalue weighted by Crippen LogP contribution is -2.38. The molecule has 1 aliphatic heterocycles. The van der Waals surface area contributed by atoms with Gasteiger partial charge in [0.25, 0.3) is 5.91 Å². The van der Waals surface area contributed by atoms with E-state index in [2.05, 4.69) is 0 Å². The lowest BCUT2D eigenvalue weighted by atomic mass is 9.88. The number of amides is 1. The highest BCUT2D eigenvalue weighted by atomic mass is 16.2. The Morgan fingerprint density at radius 2 is 1.52 bits per heavy atom. The SMILES string of the molecule is Cc1ccc(C(=O)N2c3ccccc3-c3ccccc3C2C=O)cc1. The summed E-state index contributed by atoms with van der Waals surface area (Å²) >= 11 is 0. The molecule has 0 fully saturated rings. The molecule has 0 radical (unpaired) electrons. The zero-order valence-corrected chi connectivity index (χ0v) is 13.8. The molecule has 25 heavy (non-hydrogen) atoms. The Morgan fingerprint density at radius 3 is 2.24 bits per heavy atom. The summed E-state index contributed by atoms with van der Waals surface area (Å²) in [7, 11) is 0. The van der Waals surface area contributed by atoms with Crippen LogP contribution in [0.3, 0.4) is 0 Å². The third-order valence-corrected chi connectivity index (χ3v) is 4.66. The quantitative estimate of drug-likeness (QED) is 0.647. The van der Waals surface area contributed by atoms with Crippen molar-refractivity contribution in [1.29, 1.82) is 0 Å². The maximum Gasteiger partial charge on any atom is 0.259 e. The normalized spacial score (nSPS) is 15.2. The first-order valence-electron chi connectivity index (χ1n) is 8.24. The Balaban J connectivity index is 1.91. The van der Waals surface area contributed by atoms with Crippen molar-refractivity contribution in [1.82, 2.24) is 0 Å². The molecule has 0 saturated heterocycles. The summed E-state index contributed by atoms with van der Waals surface area (Å²) in [5, 5.41) is 0.